The summed E-state index contributed by atoms with van der Waals surface area (Å²) in [5.41, 5.74) is -1.41. The summed E-state index contributed by atoms with van der Waals surface area (Å²) in [6.07, 6.45) is -2.19. The van der Waals surface area contributed by atoms with Gasteiger partial charge in [-0.3, -0.25) is 4.79 Å². The van der Waals surface area contributed by atoms with Gasteiger partial charge in [-0.05, 0) is 61.8 Å². The molecule has 9 nitrogen and oxygen atoms in total. The van der Waals surface area contributed by atoms with Crippen LogP contribution in [0.4, 0.5) is 9.59 Å². The van der Waals surface area contributed by atoms with Crippen LogP contribution in [-0.4, -0.2) is 59.3 Å². The van der Waals surface area contributed by atoms with E-state index >= 15 is 0 Å². The largest absolute Gasteiger partial charge is 0.466 e. The molecule has 0 aromatic carbocycles. The Bertz CT molecular complexity index is 595. The van der Waals surface area contributed by atoms with Crippen molar-refractivity contribution < 1.29 is 33.7 Å². The highest BCUT2D eigenvalue weighted by Gasteiger charge is 2.50. The van der Waals surface area contributed by atoms with Gasteiger partial charge in [-0.25, -0.2) is 9.59 Å². The lowest BCUT2D eigenvalue weighted by atomic mass is 9.91. The maximum atomic E-state index is 12.4. The van der Waals surface area contributed by atoms with Crippen molar-refractivity contribution in [2.45, 2.75) is 91.2 Å². The van der Waals surface area contributed by atoms with Gasteiger partial charge >= 0.3 is 18.2 Å². The molecule has 29 heavy (non-hydrogen) atoms. The molecule has 2 amide bonds. The molecule has 0 heterocycles. The molecule has 3 unspecified atom stereocenters. The van der Waals surface area contributed by atoms with E-state index in [-0.39, 0.29) is 13.0 Å². The van der Waals surface area contributed by atoms with Crippen molar-refractivity contribution in [2.75, 3.05) is 6.61 Å². The van der Waals surface area contributed by atoms with Crippen LogP contribution in [0.5, 0.6) is 0 Å². The molecule has 1 rings (SSSR count). The second-order valence-electron chi connectivity index (χ2n) is 9.35. The fourth-order valence-corrected chi connectivity index (χ4v) is 3.44. The molecule has 0 aromatic rings. The molecule has 0 saturated heterocycles. The number of aliphatic hydroxyl groups excluding tert-OH is 1. The van der Waals surface area contributed by atoms with Crippen molar-refractivity contribution in [3.8, 4) is 0 Å². The average Bonchev–Trinajstić information content (AvgIpc) is 2.79. The van der Waals surface area contributed by atoms with Gasteiger partial charge in [-0.1, -0.05) is 0 Å². The molecular formula is C20H36N2O7. The van der Waals surface area contributed by atoms with E-state index in [0.717, 1.165) is 0 Å². The number of esters is 1. The number of carbonyl (C=O) groups excluding carboxylic acids is 3. The summed E-state index contributed by atoms with van der Waals surface area (Å²) in [5, 5.41) is 16.0. The lowest BCUT2D eigenvalue weighted by Crippen LogP contribution is -2.53. The van der Waals surface area contributed by atoms with Crippen LogP contribution in [0.3, 0.4) is 0 Å². The predicted octanol–water partition coefficient (Wildman–Crippen LogP) is 2.35. The second kappa shape index (κ2) is 9.65. The summed E-state index contributed by atoms with van der Waals surface area (Å²) < 4.78 is 15.7. The third-order valence-corrected chi connectivity index (χ3v) is 4.38. The summed E-state index contributed by atoms with van der Waals surface area (Å²) in [6.45, 7) is 14.0. The van der Waals surface area contributed by atoms with Gasteiger partial charge in [0.1, 0.15) is 11.2 Å². The number of hydrogen-bond donors (Lipinski definition) is 3. The number of alkyl carbamates (subject to hydrolysis) is 2. The summed E-state index contributed by atoms with van der Waals surface area (Å²) >= 11 is 0. The van der Waals surface area contributed by atoms with Crippen molar-refractivity contribution in [3.63, 3.8) is 0 Å². The monoisotopic (exact) mass is 416 g/mol. The highest BCUT2D eigenvalue weighted by Crippen LogP contribution is 2.35. The Morgan fingerprint density at radius 1 is 1.03 bits per heavy atom. The van der Waals surface area contributed by atoms with Crippen LogP contribution in [0.1, 0.15) is 61.8 Å². The zero-order valence-corrected chi connectivity index (χ0v) is 18.7. The normalized spacial score (nSPS) is 25.7. The van der Waals surface area contributed by atoms with E-state index in [9.17, 15) is 19.5 Å². The number of aliphatic hydroxyl groups is 1. The molecular weight excluding hydrogens is 380 g/mol. The molecule has 5 atom stereocenters. The van der Waals surface area contributed by atoms with Crippen LogP contribution in [0.2, 0.25) is 0 Å². The number of amides is 2. The molecule has 0 spiro atoms. The first kappa shape index (κ1) is 25.0. The van der Waals surface area contributed by atoms with Crippen molar-refractivity contribution in [3.05, 3.63) is 0 Å². The van der Waals surface area contributed by atoms with E-state index in [1.54, 1.807) is 55.4 Å². The van der Waals surface area contributed by atoms with Gasteiger partial charge in [0.15, 0.2) is 0 Å². The fraction of sp³-hybridized carbons (Fsp3) is 0.850. The molecule has 3 N–H and O–H groups in total. The molecule has 168 valence electrons. The molecule has 0 radical (unpaired) electrons. The van der Waals surface area contributed by atoms with Gasteiger partial charge in [0.05, 0.1) is 24.7 Å². The topological polar surface area (TPSA) is 123 Å². The van der Waals surface area contributed by atoms with Crippen LogP contribution >= 0.6 is 0 Å². The van der Waals surface area contributed by atoms with E-state index in [2.05, 4.69) is 10.6 Å². The van der Waals surface area contributed by atoms with Crippen LogP contribution < -0.4 is 10.6 Å². The Morgan fingerprint density at radius 3 is 2.03 bits per heavy atom. The highest BCUT2D eigenvalue weighted by molar-refractivity contribution is 5.76. The molecule has 1 fully saturated rings. The van der Waals surface area contributed by atoms with Gasteiger partial charge in [0.2, 0.25) is 0 Å². The Morgan fingerprint density at radius 2 is 1.55 bits per heavy atom. The lowest BCUT2D eigenvalue weighted by Gasteiger charge is -2.32. The van der Waals surface area contributed by atoms with E-state index in [1.165, 1.54) is 0 Å². The van der Waals surface area contributed by atoms with Crippen molar-refractivity contribution in [1.29, 1.82) is 0 Å². The molecule has 1 aliphatic rings. The zero-order valence-electron chi connectivity index (χ0n) is 18.7. The number of hydrogen-bond acceptors (Lipinski definition) is 7. The smallest absolute Gasteiger partial charge is 0.407 e. The van der Waals surface area contributed by atoms with Crippen molar-refractivity contribution in [1.82, 2.24) is 10.6 Å². The standard InChI is InChI=1S/C20H36N2O7/c1-9-27-16(24)12-10-13(23)14(11(2)21-17(25)28-19(3,4)5)15(12)22-18(26)29-20(6,7)8/h11-15,23H,9-10H2,1-8H3,(H,21,25)(H,22,26)/t11?,12-,13?,14?,15+/m0/s1. The van der Waals surface area contributed by atoms with Crippen LogP contribution in [0.25, 0.3) is 0 Å². The SMILES string of the molecule is CCOC(=O)[C@H]1CC(O)C(C(C)NC(=O)OC(C)(C)C)[C@@H]1NC(=O)OC(C)(C)C. The first-order valence-corrected chi connectivity index (χ1v) is 9.98. The van der Waals surface area contributed by atoms with Gasteiger partial charge < -0.3 is 30.0 Å². The zero-order chi connectivity index (χ0) is 22.6. The maximum Gasteiger partial charge on any atom is 0.407 e. The number of ether oxygens (including phenoxy) is 3. The quantitative estimate of drug-likeness (QED) is 0.464. The van der Waals surface area contributed by atoms with Crippen molar-refractivity contribution >= 4 is 18.2 Å². The summed E-state index contributed by atoms with van der Waals surface area (Å²) in [5.74, 6) is -1.91. The van der Waals surface area contributed by atoms with Crippen LogP contribution in [-0.2, 0) is 19.0 Å². The second-order valence-corrected chi connectivity index (χ2v) is 9.35. The molecule has 0 aromatic heterocycles. The van der Waals surface area contributed by atoms with Crippen LogP contribution in [0.15, 0.2) is 0 Å². The minimum Gasteiger partial charge on any atom is -0.466 e. The van der Waals surface area contributed by atoms with E-state index in [1.807, 2.05) is 0 Å². The Labute approximate surface area is 172 Å². The third-order valence-electron chi connectivity index (χ3n) is 4.38. The Hall–Kier alpha value is -2.03. The molecule has 0 aliphatic heterocycles. The Balaban J connectivity index is 3.02. The van der Waals surface area contributed by atoms with Gasteiger partial charge in [0, 0.05) is 12.0 Å². The molecule has 9 heteroatoms. The molecule has 0 bridgehead atoms. The van der Waals surface area contributed by atoms with Gasteiger partial charge in [-0.15, -0.1) is 0 Å². The van der Waals surface area contributed by atoms with Crippen molar-refractivity contribution in [2.24, 2.45) is 11.8 Å². The van der Waals surface area contributed by atoms with Gasteiger partial charge in [0.25, 0.3) is 0 Å². The summed E-state index contributed by atoms with van der Waals surface area (Å²) in [6, 6.07) is -1.36. The summed E-state index contributed by atoms with van der Waals surface area (Å²) in [4.78, 5) is 36.9. The minimum absolute atomic E-state index is 0.101. The molecule has 1 aliphatic carbocycles. The van der Waals surface area contributed by atoms with E-state index in [0.29, 0.717) is 0 Å². The number of nitrogens with one attached hydrogen (secondary N) is 2. The van der Waals surface area contributed by atoms with E-state index in [4.69, 9.17) is 14.2 Å². The first-order valence-electron chi connectivity index (χ1n) is 9.98. The predicted molar refractivity (Wildman–Crippen MR) is 106 cm³/mol. The minimum atomic E-state index is -0.936. The molecule has 1 saturated carbocycles. The summed E-state index contributed by atoms with van der Waals surface area (Å²) in [7, 11) is 0. The number of carbonyl (C=O) groups is 3. The van der Waals surface area contributed by atoms with Crippen LogP contribution in [0, 0.1) is 11.8 Å². The maximum absolute atomic E-state index is 12.4. The fourth-order valence-electron chi connectivity index (χ4n) is 3.44. The van der Waals surface area contributed by atoms with Gasteiger partial charge in [-0.2, -0.15) is 0 Å². The van der Waals surface area contributed by atoms with E-state index < -0.39 is 59.4 Å². The lowest BCUT2D eigenvalue weighted by molar-refractivity contribution is -0.148. The third kappa shape index (κ3) is 8.08. The average molecular weight is 417 g/mol. The first-order chi connectivity index (χ1) is 13.1. The Kier molecular flexibility index (Phi) is 8.32. The number of rotatable bonds is 5. The highest BCUT2D eigenvalue weighted by atomic mass is 16.6.